The minimum absolute atomic E-state index is 0.407. The molecular weight excluding hydrogens is 338 g/mol. The molecule has 0 heterocycles. The summed E-state index contributed by atoms with van der Waals surface area (Å²) in [7, 11) is 1.63. The lowest BCUT2D eigenvalue weighted by Gasteiger charge is -2.32. The normalized spacial score (nSPS) is 15.6. The number of carboxylic acids is 1. The van der Waals surface area contributed by atoms with Crippen LogP contribution in [0.5, 0.6) is 0 Å². The number of aryl methyl sites for hydroxylation is 1. The first kappa shape index (κ1) is 19.7. The summed E-state index contributed by atoms with van der Waals surface area (Å²) < 4.78 is 5.04. The first-order valence-electron chi connectivity index (χ1n) is 8.31. The van der Waals surface area contributed by atoms with Crippen molar-refractivity contribution in [3.05, 3.63) is 40.5 Å². The van der Waals surface area contributed by atoms with Crippen LogP contribution in [-0.2, 0) is 31.0 Å². The first-order valence-corrected chi connectivity index (χ1v) is 8.31. The highest BCUT2D eigenvalue weighted by molar-refractivity contribution is 6.28. The molecule has 0 radical (unpaired) electrons. The Hall–Kier alpha value is -2.67. The molecule has 7 heteroatoms. The number of hydrogen-bond donors (Lipinski definition) is 3. The van der Waals surface area contributed by atoms with Gasteiger partial charge >= 0.3 is 5.97 Å². The molecule has 0 spiro atoms. The number of carbonyl (C=O) groups excluding carboxylic acids is 2. The summed E-state index contributed by atoms with van der Waals surface area (Å²) in [5.74, 6) is -3.09. The van der Waals surface area contributed by atoms with Crippen molar-refractivity contribution in [2.75, 3.05) is 20.3 Å². The summed E-state index contributed by atoms with van der Waals surface area (Å²) in [5, 5.41) is 21.3. The van der Waals surface area contributed by atoms with Crippen LogP contribution in [0.15, 0.2) is 23.8 Å². The lowest BCUT2D eigenvalue weighted by Crippen LogP contribution is -2.42. The van der Waals surface area contributed by atoms with E-state index in [4.69, 9.17) is 9.84 Å². The summed E-state index contributed by atoms with van der Waals surface area (Å²) in [6, 6.07) is 5.39. The molecule has 7 nitrogen and oxygen atoms in total. The van der Waals surface area contributed by atoms with Crippen molar-refractivity contribution in [3.8, 4) is 0 Å². The van der Waals surface area contributed by atoms with Gasteiger partial charge in [0.25, 0.3) is 5.91 Å². The Morgan fingerprint density at radius 2 is 1.96 bits per heavy atom. The molecule has 0 fully saturated rings. The molecule has 1 aromatic rings. The van der Waals surface area contributed by atoms with E-state index in [0.29, 0.717) is 17.7 Å². The van der Waals surface area contributed by atoms with Crippen molar-refractivity contribution >= 4 is 23.4 Å². The third-order valence-electron chi connectivity index (χ3n) is 4.49. The lowest BCUT2D eigenvalue weighted by molar-refractivity contribution is -0.138. The van der Waals surface area contributed by atoms with Gasteiger partial charge in [-0.05, 0) is 37.8 Å². The topological polar surface area (TPSA) is 113 Å². The maximum Gasteiger partial charge on any atom is 0.322 e. The lowest BCUT2D eigenvalue weighted by atomic mass is 9.70. The van der Waals surface area contributed by atoms with Gasteiger partial charge in [0, 0.05) is 19.3 Å². The summed E-state index contributed by atoms with van der Waals surface area (Å²) in [4.78, 5) is 35.7. The Labute approximate surface area is 151 Å². The van der Waals surface area contributed by atoms with Gasteiger partial charge in [0.2, 0.25) is 0 Å². The van der Waals surface area contributed by atoms with E-state index in [-0.39, 0.29) is 0 Å². The minimum Gasteiger partial charge on any atom is -0.506 e. The van der Waals surface area contributed by atoms with Crippen LogP contribution in [0.4, 0.5) is 0 Å². The number of hydrogen-bond acceptors (Lipinski definition) is 5. The molecule has 1 aliphatic rings. The molecular formula is C19H23NO6. The fraction of sp³-hybridized carbons (Fsp3) is 0.421. The second-order valence-corrected chi connectivity index (χ2v) is 6.73. The van der Waals surface area contributed by atoms with Crippen LogP contribution in [0.3, 0.4) is 0 Å². The van der Waals surface area contributed by atoms with E-state index >= 15 is 0 Å². The molecule has 0 atom stereocenters. The number of ether oxygens (including phenoxy) is 1. The average Bonchev–Trinajstić information content (AvgIpc) is 2.59. The van der Waals surface area contributed by atoms with Crippen LogP contribution in [-0.4, -0.2) is 48.1 Å². The molecule has 0 aromatic heterocycles. The van der Waals surface area contributed by atoms with Gasteiger partial charge in [0.1, 0.15) is 17.9 Å². The van der Waals surface area contributed by atoms with E-state index in [0.717, 1.165) is 18.4 Å². The summed E-state index contributed by atoms with van der Waals surface area (Å²) in [6.07, 6.45) is 1.59. The monoisotopic (exact) mass is 361 g/mol. The maximum atomic E-state index is 12.8. The quantitative estimate of drug-likeness (QED) is 0.502. The van der Waals surface area contributed by atoms with Crippen LogP contribution in [0, 0.1) is 0 Å². The zero-order valence-corrected chi connectivity index (χ0v) is 15.1. The van der Waals surface area contributed by atoms with Crippen LogP contribution >= 0.6 is 0 Å². The molecule has 1 aliphatic carbocycles. The SMILES string of the molecule is COCCCc1ccc2c(c1)C(C)(C)C(=O)C(C(=O)NCC(=O)O)=C2O. The molecule has 26 heavy (non-hydrogen) atoms. The molecule has 1 amide bonds. The summed E-state index contributed by atoms with van der Waals surface area (Å²) in [5.41, 5.74) is 0.633. The highest BCUT2D eigenvalue weighted by Gasteiger charge is 2.43. The molecule has 0 saturated heterocycles. The number of ketones is 1. The number of rotatable bonds is 7. The predicted octanol–water partition coefficient (Wildman–Crippen LogP) is 1.60. The van der Waals surface area contributed by atoms with Gasteiger partial charge in [-0.2, -0.15) is 0 Å². The number of carbonyl (C=O) groups is 3. The fourth-order valence-electron chi connectivity index (χ4n) is 3.02. The highest BCUT2D eigenvalue weighted by Crippen LogP contribution is 2.39. The van der Waals surface area contributed by atoms with Gasteiger partial charge in [-0.15, -0.1) is 0 Å². The van der Waals surface area contributed by atoms with Crippen LogP contribution in [0.1, 0.15) is 37.0 Å². The molecule has 0 saturated carbocycles. The Kier molecular flexibility index (Phi) is 5.82. The van der Waals surface area contributed by atoms with E-state index in [1.165, 1.54) is 0 Å². The number of fused-ring (bicyclic) bond motifs is 1. The standard InChI is InChI=1S/C19H23NO6/c1-19(2)13-9-11(5-4-8-26-3)6-7-12(13)16(23)15(17(19)24)18(25)20-10-14(21)22/h6-7,9,23H,4-5,8,10H2,1-3H3,(H,20,25)(H,21,22). The van der Waals surface area contributed by atoms with Crippen molar-refractivity contribution in [2.24, 2.45) is 0 Å². The molecule has 0 unspecified atom stereocenters. The fourth-order valence-corrected chi connectivity index (χ4v) is 3.02. The number of benzene rings is 1. The van der Waals surface area contributed by atoms with Crippen molar-refractivity contribution in [1.29, 1.82) is 0 Å². The summed E-state index contributed by atoms with van der Waals surface area (Å²) in [6.45, 7) is 3.36. The largest absolute Gasteiger partial charge is 0.506 e. The predicted molar refractivity (Wildman–Crippen MR) is 94.9 cm³/mol. The van der Waals surface area contributed by atoms with Gasteiger partial charge in [0.15, 0.2) is 5.78 Å². The van der Waals surface area contributed by atoms with E-state index < -0.39 is 41.0 Å². The molecule has 0 bridgehead atoms. The van der Waals surface area contributed by atoms with Crippen molar-refractivity contribution < 1.29 is 29.3 Å². The maximum absolute atomic E-state index is 12.8. The van der Waals surface area contributed by atoms with Gasteiger partial charge < -0.3 is 20.3 Å². The second-order valence-electron chi connectivity index (χ2n) is 6.73. The van der Waals surface area contributed by atoms with Crippen LogP contribution in [0.25, 0.3) is 5.76 Å². The molecule has 1 aromatic carbocycles. The van der Waals surface area contributed by atoms with E-state index in [2.05, 4.69) is 5.32 Å². The average molecular weight is 361 g/mol. The molecule has 2 rings (SSSR count). The smallest absolute Gasteiger partial charge is 0.322 e. The minimum atomic E-state index is -1.23. The van der Waals surface area contributed by atoms with Gasteiger partial charge in [-0.3, -0.25) is 14.4 Å². The number of amides is 1. The Morgan fingerprint density at radius 1 is 1.27 bits per heavy atom. The third kappa shape index (κ3) is 3.77. The zero-order chi connectivity index (χ0) is 19.5. The van der Waals surface area contributed by atoms with Crippen LogP contribution in [0.2, 0.25) is 0 Å². The number of nitrogens with one attached hydrogen (secondary N) is 1. The molecule has 140 valence electrons. The van der Waals surface area contributed by atoms with Gasteiger partial charge in [-0.25, -0.2) is 0 Å². The Morgan fingerprint density at radius 3 is 2.58 bits per heavy atom. The second kappa shape index (κ2) is 7.70. The third-order valence-corrected chi connectivity index (χ3v) is 4.49. The number of aliphatic hydroxyl groups is 1. The Bertz CT molecular complexity index is 778. The number of aliphatic hydroxyl groups excluding tert-OH is 1. The number of aliphatic carboxylic acids is 1. The zero-order valence-electron chi connectivity index (χ0n) is 15.1. The van der Waals surface area contributed by atoms with Crippen molar-refractivity contribution in [1.82, 2.24) is 5.32 Å². The van der Waals surface area contributed by atoms with Gasteiger partial charge in [-0.1, -0.05) is 18.2 Å². The van der Waals surface area contributed by atoms with E-state index in [1.807, 2.05) is 12.1 Å². The van der Waals surface area contributed by atoms with Gasteiger partial charge in [0.05, 0.1) is 5.41 Å². The van der Waals surface area contributed by atoms with E-state index in [1.54, 1.807) is 27.0 Å². The Balaban J connectivity index is 2.43. The highest BCUT2D eigenvalue weighted by atomic mass is 16.5. The summed E-state index contributed by atoms with van der Waals surface area (Å²) >= 11 is 0. The number of carboxylic acid groups (broad SMARTS) is 1. The first-order chi connectivity index (χ1) is 12.2. The van der Waals surface area contributed by atoms with Crippen molar-refractivity contribution in [3.63, 3.8) is 0 Å². The number of Topliss-reactive ketones (excluding diaryl/α,β-unsaturated/α-hetero) is 1. The van der Waals surface area contributed by atoms with Crippen molar-refractivity contribution in [2.45, 2.75) is 32.1 Å². The molecule has 3 N–H and O–H groups in total. The van der Waals surface area contributed by atoms with E-state index in [9.17, 15) is 19.5 Å². The van der Waals surface area contributed by atoms with Crippen LogP contribution < -0.4 is 5.32 Å². The number of methoxy groups -OCH3 is 1. The molecule has 0 aliphatic heterocycles.